The van der Waals surface area contributed by atoms with Gasteiger partial charge in [-0.25, -0.2) is 4.39 Å². The molecule has 2 fully saturated rings. The molecule has 2 atom stereocenters. The van der Waals surface area contributed by atoms with Crippen LogP contribution in [-0.4, -0.2) is 37.0 Å². The summed E-state index contributed by atoms with van der Waals surface area (Å²) in [6, 6.07) is 4.73. The third-order valence-electron chi connectivity index (χ3n) is 4.10. The number of nitrogens with one attached hydrogen (secondary N) is 1. The van der Waals surface area contributed by atoms with Gasteiger partial charge in [0.05, 0.1) is 0 Å². The minimum Gasteiger partial charge on any atom is -0.338 e. The molecular weight excluding hydrogens is 231 g/mol. The van der Waals surface area contributed by atoms with Gasteiger partial charge in [-0.3, -0.25) is 4.79 Å². The topological polar surface area (TPSA) is 32.3 Å². The molecule has 0 aromatic heterocycles. The second-order valence-electron chi connectivity index (χ2n) is 5.35. The monoisotopic (exact) mass is 248 g/mol. The van der Waals surface area contributed by atoms with Gasteiger partial charge in [0.1, 0.15) is 5.82 Å². The molecule has 0 radical (unpaired) electrons. The molecule has 2 heterocycles. The zero-order chi connectivity index (χ0) is 12.7. The van der Waals surface area contributed by atoms with Gasteiger partial charge < -0.3 is 10.2 Å². The number of carbonyl (C=O) groups excluding carboxylic acids is 1. The molecule has 0 spiro atoms. The summed E-state index contributed by atoms with van der Waals surface area (Å²) in [5.41, 5.74) is 1.04. The molecule has 1 amide bonds. The van der Waals surface area contributed by atoms with E-state index in [1.165, 1.54) is 6.07 Å². The number of rotatable bonds is 1. The Morgan fingerprint density at radius 1 is 1.33 bits per heavy atom. The summed E-state index contributed by atoms with van der Waals surface area (Å²) in [4.78, 5) is 14.1. The van der Waals surface area contributed by atoms with Crippen molar-refractivity contribution in [2.24, 2.45) is 11.8 Å². The number of likely N-dealkylation sites (tertiary alicyclic amines) is 1. The van der Waals surface area contributed by atoms with Gasteiger partial charge in [-0.1, -0.05) is 6.07 Å². The van der Waals surface area contributed by atoms with Gasteiger partial charge in [-0.05, 0) is 36.5 Å². The van der Waals surface area contributed by atoms with Gasteiger partial charge in [0.25, 0.3) is 5.91 Å². The molecule has 96 valence electrons. The summed E-state index contributed by atoms with van der Waals surface area (Å²) in [6.07, 6.45) is 0. The summed E-state index contributed by atoms with van der Waals surface area (Å²) >= 11 is 0. The maximum atomic E-state index is 13.5. The normalized spacial score (nSPS) is 26.4. The standard InChI is InChI=1S/C14H17FN2O/c1-9-2-3-10(4-13(9)15)14(18)17-7-11-5-16-6-12(11)8-17/h2-4,11-12,16H,5-8H2,1H3. The fourth-order valence-electron chi connectivity index (χ4n) is 2.93. The van der Waals surface area contributed by atoms with Crippen LogP contribution in [0.3, 0.4) is 0 Å². The lowest BCUT2D eigenvalue weighted by Crippen LogP contribution is -2.31. The molecular formula is C14H17FN2O. The van der Waals surface area contributed by atoms with Crippen molar-refractivity contribution in [1.82, 2.24) is 10.2 Å². The molecule has 3 nitrogen and oxygen atoms in total. The molecule has 1 N–H and O–H groups in total. The highest BCUT2D eigenvalue weighted by Crippen LogP contribution is 2.27. The quantitative estimate of drug-likeness (QED) is 0.815. The van der Waals surface area contributed by atoms with E-state index in [4.69, 9.17) is 0 Å². The average Bonchev–Trinajstić information content (AvgIpc) is 2.92. The van der Waals surface area contributed by atoms with Crippen LogP contribution in [0, 0.1) is 24.6 Å². The van der Waals surface area contributed by atoms with E-state index in [9.17, 15) is 9.18 Å². The van der Waals surface area contributed by atoms with Crippen LogP contribution >= 0.6 is 0 Å². The Kier molecular flexibility index (Phi) is 2.82. The molecule has 0 aliphatic carbocycles. The summed E-state index contributed by atoms with van der Waals surface area (Å²) < 4.78 is 13.5. The third-order valence-corrected chi connectivity index (χ3v) is 4.10. The Balaban J connectivity index is 1.77. The molecule has 18 heavy (non-hydrogen) atoms. The predicted molar refractivity (Wildman–Crippen MR) is 66.9 cm³/mol. The molecule has 1 aromatic rings. The van der Waals surface area contributed by atoms with Crippen molar-refractivity contribution in [1.29, 1.82) is 0 Å². The lowest BCUT2D eigenvalue weighted by atomic mass is 10.0. The van der Waals surface area contributed by atoms with Crippen LogP contribution < -0.4 is 5.32 Å². The van der Waals surface area contributed by atoms with E-state index in [0.717, 1.165) is 26.2 Å². The fourth-order valence-corrected chi connectivity index (χ4v) is 2.93. The van der Waals surface area contributed by atoms with Crippen molar-refractivity contribution in [3.63, 3.8) is 0 Å². The number of hydrogen-bond acceptors (Lipinski definition) is 2. The van der Waals surface area contributed by atoms with Crippen LogP contribution in [-0.2, 0) is 0 Å². The Morgan fingerprint density at radius 2 is 2.00 bits per heavy atom. The lowest BCUT2D eigenvalue weighted by Gasteiger charge is -2.17. The van der Waals surface area contributed by atoms with Crippen molar-refractivity contribution < 1.29 is 9.18 Å². The van der Waals surface area contributed by atoms with Crippen molar-refractivity contribution in [2.75, 3.05) is 26.2 Å². The number of fused-ring (bicyclic) bond motifs is 1. The van der Waals surface area contributed by atoms with E-state index >= 15 is 0 Å². The summed E-state index contributed by atoms with van der Waals surface area (Å²) in [5.74, 6) is 0.804. The SMILES string of the molecule is Cc1ccc(C(=O)N2CC3CNCC3C2)cc1F. The zero-order valence-corrected chi connectivity index (χ0v) is 10.4. The van der Waals surface area contributed by atoms with Crippen LogP contribution in [0.15, 0.2) is 18.2 Å². The minimum absolute atomic E-state index is 0.0386. The number of halogens is 1. The Morgan fingerprint density at radius 3 is 2.61 bits per heavy atom. The highest BCUT2D eigenvalue weighted by atomic mass is 19.1. The molecule has 1 aromatic carbocycles. The van der Waals surface area contributed by atoms with Gasteiger partial charge in [0.15, 0.2) is 0 Å². The number of benzene rings is 1. The third kappa shape index (κ3) is 1.90. The molecule has 4 heteroatoms. The smallest absolute Gasteiger partial charge is 0.253 e. The second kappa shape index (κ2) is 4.35. The molecule has 3 rings (SSSR count). The number of hydrogen-bond donors (Lipinski definition) is 1. The van der Waals surface area contributed by atoms with Crippen molar-refractivity contribution in [3.8, 4) is 0 Å². The zero-order valence-electron chi connectivity index (χ0n) is 10.4. The number of amides is 1. The molecule has 2 aliphatic rings. The van der Waals surface area contributed by atoms with E-state index in [-0.39, 0.29) is 11.7 Å². The maximum absolute atomic E-state index is 13.5. The van der Waals surface area contributed by atoms with E-state index in [0.29, 0.717) is 23.0 Å². The van der Waals surface area contributed by atoms with Crippen LogP contribution in [0.2, 0.25) is 0 Å². The van der Waals surface area contributed by atoms with E-state index in [2.05, 4.69) is 5.32 Å². The van der Waals surface area contributed by atoms with Gasteiger partial charge >= 0.3 is 0 Å². The van der Waals surface area contributed by atoms with Crippen molar-refractivity contribution >= 4 is 5.91 Å². The van der Waals surface area contributed by atoms with Gasteiger partial charge in [-0.2, -0.15) is 0 Å². The molecule has 0 saturated carbocycles. The summed E-state index contributed by atoms with van der Waals surface area (Å²) in [5, 5.41) is 3.34. The number of nitrogens with zero attached hydrogens (tertiary/aromatic N) is 1. The van der Waals surface area contributed by atoms with Crippen molar-refractivity contribution in [2.45, 2.75) is 6.92 Å². The molecule has 2 aliphatic heterocycles. The van der Waals surface area contributed by atoms with Crippen LogP contribution in [0.1, 0.15) is 15.9 Å². The largest absolute Gasteiger partial charge is 0.338 e. The van der Waals surface area contributed by atoms with Crippen LogP contribution in [0.25, 0.3) is 0 Å². The van der Waals surface area contributed by atoms with Crippen LogP contribution in [0.4, 0.5) is 4.39 Å². The Bertz CT molecular complexity index is 477. The molecule has 2 unspecified atom stereocenters. The van der Waals surface area contributed by atoms with Crippen LogP contribution in [0.5, 0.6) is 0 Å². The maximum Gasteiger partial charge on any atom is 0.253 e. The molecule has 2 saturated heterocycles. The minimum atomic E-state index is -0.304. The van der Waals surface area contributed by atoms with Gasteiger partial charge in [0, 0.05) is 31.7 Å². The first-order valence-electron chi connectivity index (χ1n) is 6.41. The van der Waals surface area contributed by atoms with Gasteiger partial charge in [0.2, 0.25) is 0 Å². The first-order chi connectivity index (χ1) is 8.65. The van der Waals surface area contributed by atoms with Gasteiger partial charge in [-0.15, -0.1) is 0 Å². The molecule has 0 bridgehead atoms. The highest BCUT2D eigenvalue weighted by Gasteiger charge is 2.38. The first-order valence-corrected chi connectivity index (χ1v) is 6.41. The lowest BCUT2D eigenvalue weighted by molar-refractivity contribution is 0.0781. The first kappa shape index (κ1) is 11.7. The number of aryl methyl sites for hydroxylation is 1. The summed E-state index contributed by atoms with van der Waals surface area (Å²) in [6.45, 7) is 5.29. The van der Waals surface area contributed by atoms with E-state index < -0.39 is 0 Å². The summed E-state index contributed by atoms with van der Waals surface area (Å²) in [7, 11) is 0. The highest BCUT2D eigenvalue weighted by molar-refractivity contribution is 5.94. The Labute approximate surface area is 106 Å². The van der Waals surface area contributed by atoms with Crippen molar-refractivity contribution in [3.05, 3.63) is 35.1 Å². The number of carbonyl (C=O) groups is 1. The fraction of sp³-hybridized carbons (Fsp3) is 0.500. The Hall–Kier alpha value is -1.42. The van der Waals surface area contributed by atoms with E-state index in [1.54, 1.807) is 19.1 Å². The second-order valence-corrected chi connectivity index (χ2v) is 5.35. The average molecular weight is 248 g/mol. The van der Waals surface area contributed by atoms with E-state index in [1.807, 2.05) is 4.90 Å². The predicted octanol–water partition coefficient (Wildman–Crippen LogP) is 1.43.